The van der Waals surface area contributed by atoms with Crippen LogP contribution < -0.4 is 0 Å². The molecule has 1 aromatic rings. The van der Waals surface area contributed by atoms with Crippen LogP contribution in [-0.2, 0) is 11.3 Å². The molecule has 104 valence electrons. The first kappa shape index (κ1) is 15.7. The van der Waals surface area contributed by atoms with Crippen LogP contribution in [0.15, 0.2) is 24.3 Å². The monoisotopic (exact) mass is 261 g/mol. The predicted molar refractivity (Wildman–Crippen MR) is 77.8 cm³/mol. The van der Waals surface area contributed by atoms with Crippen molar-refractivity contribution in [2.75, 3.05) is 26.9 Å². The molecule has 0 aromatic heterocycles. The number of hydrogen-bond donors (Lipinski definition) is 1. The summed E-state index contributed by atoms with van der Waals surface area (Å²) in [5.74, 6) is 5.61. The van der Waals surface area contributed by atoms with E-state index in [1.807, 2.05) is 12.1 Å². The molecule has 1 aromatic carbocycles. The highest BCUT2D eigenvalue weighted by Crippen LogP contribution is 2.10. The normalized spacial score (nSPS) is 12.1. The van der Waals surface area contributed by atoms with Crippen molar-refractivity contribution in [2.45, 2.75) is 26.4 Å². The number of nitrogens with zero attached hydrogens (tertiary/aromatic N) is 1. The number of methoxy groups -OCH3 is 1. The van der Waals surface area contributed by atoms with Crippen molar-refractivity contribution in [3.05, 3.63) is 35.4 Å². The maximum Gasteiger partial charge on any atom is 0.104 e. The number of aliphatic hydroxyl groups excluding tert-OH is 1. The number of hydrogen-bond acceptors (Lipinski definition) is 3. The highest BCUT2D eigenvalue weighted by atomic mass is 16.5. The van der Waals surface area contributed by atoms with Gasteiger partial charge in [0, 0.05) is 25.3 Å². The van der Waals surface area contributed by atoms with Gasteiger partial charge in [-0.1, -0.05) is 30.9 Å². The Morgan fingerprint density at radius 2 is 2.21 bits per heavy atom. The maximum atomic E-state index is 8.72. The minimum Gasteiger partial charge on any atom is -0.384 e. The molecule has 1 N–H and O–H groups in total. The number of ether oxygens (including phenoxy) is 1. The van der Waals surface area contributed by atoms with Gasteiger partial charge in [0.05, 0.1) is 6.61 Å². The SMILES string of the molecule is CCN(Cc1cccc(C#CCO)c1)C(C)COC. The van der Waals surface area contributed by atoms with E-state index in [-0.39, 0.29) is 6.61 Å². The van der Waals surface area contributed by atoms with E-state index in [1.54, 1.807) is 7.11 Å². The van der Waals surface area contributed by atoms with Gasteiger partial charge in [0.15, 0.2) is 0 Å². The lowest BCUT2D eigenvalue weighted by Crippen LogP contribution is -2.35. The molecule has 1 unspecified atom stereocenters. The number of aliphatic hydroxyl groups is 1. The van der Waals surface area contributed by atoms with E-state index < -0.39 is 0 Å². The molecule has 1 rings (SSSR count). The summed E-state index contributed by atoms with van der Waals surface area (Å²) in [6, 6.07) is 8.53. The van der Waals surface area contributed by atoms with E-state index in [1.165, 1.54) is 5.56 Å². The number of benzene rings is 1. The van der Waals surface area contributed by atoms with Crippen molar-refractivity contribution in [1.29, 1.82) is 0 Å². The Morgan fingerprint density at radius 3 is 2.84 bits per heavy atom. The van der Waals surface area contributed by atoms with E-state index in [0.717, 1.165) is 25.3 Å². The largest absolute Gasteiger partial charge is 0.384 e. The van der Waals surface area contributed by atoms with Gasteiger partial charge in [0.1, 0.15) is 6.61 Å². The zero-order valence-corrected chi connectivity index (χ0v) is 12.0. The standard InChI is InChI=1S/C16H23NO2/c1-4-17(14(2)13-19-3)12-16-8-5-7-15(11-16)9-6-10-18/h5,7-8,11,14,18H,4,10,12-13H2,1-3H3. The van der Waals surface area contributed by atoms with Crippen LogP contribution in [0.2, 0.25) is 0 Å². The second-order valence-corrected chi connectivity index (χ2v) is 4.53. The van der Waals surface area contributed by atoms with Crippen LogP contribution in [-0.4, -0.2) is 42.9 Å². The molecule has 0 spiro atoms. The molecular formula is C16H23NO2. The summed E-state index contributed by atoms with van der Waals surface area (Å²) < 4.78 is 5.21. The highest BCUT2D eigenvalue weighted by Gasteiger charge is 2.12. The Labute approximate surface area is 116 Å². The van der Waals surface area contributed by atoms with Gasteiger partial charge in [-0.25, -0.2) is 0 Å². The summed E-state index contributed by atoms with van der Waals surface area (Å²) in [4.78, 5) is 2.36. The fourth-order valence-electron chi connectivity index (χ4n) is 2.05. The second kappa shape index (κ2) is 8.71. The smallest absolute Gasteiger partial charge is 0.104 e. The molecule has 0 heterocycles. The molecule has 0 bridgehead atoms. The summed E-state index contributed by atoms with van der Waals surface area (Å²) in [5, 5.41) is 8.72. The van der Waals surface area contributed by atoms with Gasteiger partial charge in [-0.2, -0.15) is 0 Å². The molecular weight excluding hydrogens is 238 g/mol. The Balaban J connectivity index is 2.74. The fourth-order valence-corrected chi connectivity index (χ4v) is 2.05. The van der Waals surface area contributed by atoms with Gasteiger partial charge in [-0.05, 0) is 31.2 Å². The van der Waals surface area contributed by atoms with Gasteiger partial charge in [-0.15, -0.1) is 0 Å². The predicted octanol–water partition coefficient (Wildman–Crippen LogP) is 1.89. The molecule has 1 atom stereocenters. The minimum absolute atomic E-state index is 0.101. The van der Waals surface area contributed by atoms with Gasteiger partial charge in [0.25, 0.3) is 0 Å². The number of rotatable bonds is 6. The van der Waals surface area contributed by atoms with Gasteiger partial charge in [0.2, 0.25) is 0 Å². The van der Waals surface area contributed by atoms with Crippen molar-refractivity contribution in [3.63, 3.8) is 0 Å². The van der Waals surface area contributed by atoms with Gasteiger partial charge < -0.3 is 9.84 Å². The molecule has 0 saturated heterocycles. The molecule has 0 aliphatic carbocycles. The molecule has 19 heavy (non-hydrogen) atoms. The molecule has 0 aliphatic rings. The first-order valence-corrected chi connectivity index (χ1v) is 6.62. The summed E-state index contributed by atoms with van der Waals surface area (Å²) in [5.41, 5.74) is 2.18. The summed E-state index contributed by atoms with van der Waals surface area (Å²) in [7, 11) is 1.73. The lowest BCUT2D eigenvalue weighted by atomic mass is 10.1. The van der Waals surface area contributed by atoms with E-state index in [4.69, 9.17) is 9.84 Å². The third kappa shape index (κ3) is 5.44. The highest BCUT2D eigenvalue weighted by molar-refractivity contribution is 5.37. The van der Waals surface area contributed by atoms with Gasteiger partial charge >= 0.3 is 0 Å². The molecule has 0 amide bonds. The quantitative estimate of drug-likeness (QED) is 0.794. The Bertz CT molecular complexity index is 434. The topological polar surface area (TPSA) is 32.7 Å². The lowest BCUT2D eigenvalue weighted by molar-refractivity contribution is 0.0982. The average molecular weight is 261 g/mol. The lowest BCUT2D eigenvalue weighted by Gasteiger charge is -2.27. The van der Waals surface area contributed by atoms with E-state index in [0.29, 0.717) is 6.04 Å². The third-order valence-corrected chi connectivity index (χ3v) is 3.06. The Hall–Kier alpha value is -1.34. The van der Waals surface area contributed by atoms with E-state index in [2.05, 4.69) is 42.7 Å². The molecule has 0 fully saturated rings. The van der Waals surface area contributed by atoms with Crippen LogP contribution >= 0.6 is 0 Å². The van der Waals surface area contributed by atoms with Crippen LogP contribution in [0, 0.1) is 11.8 Å². The van der Waals surface area contributed by atoms with Crippen LogP contribution in [0.5, 0.6) is 0 Å². The third-order valence-electron chi connectivity index (χ3n) is 3.06. The van der Waals surface area contributed by atoms with Crippen LogP contribution in [0.4, 0.5) is 0 Å². The first-order valence-electron chi connectivity index (χ1n) is 6.62. The van der Waals surface area contributed by atoms with Crippen LogP contribution in [0.3, 0.4) is 0 Å². The van der Waals surface area contributed by atoms with Crippen molar-refractivity contribution < 1.29 is 9.84 Å². The van der Waals surface area contributed by atoms with Crippen molar-refractivity contribution >= 4 is 0 Å². The first-order chi connectivity index (χ1) is 9.21. The average Bonchev–Trinajstić information content (AvgIpc) is 2.43. The van der Waals surface area contributed by atoms with Crippen molar-refractivity contribution in [1.82, 2.24) is 4.90 Å². The molecule has 0 radical (unpaired) electrons. The van der Waals surface area contributed by atoms with E-state index >= 15 is 0 Å². The van der Waals surface area contributed by atoms with Crippen LogP contribution in [0.25, 0.3) is 0 Å². The molecule has 3 heteroatoms. The Kier molecular flexibility index (Phi) is 7.20. The molecule has 0 aliphatic heterocycles. The molecule has 0 saturated carbocycles. The Morgan fingerprint density at radius 1 is 1.42 bits per heavy atom. The van der Waals surface area contributed by atoms with Crippen LogP contribution in [0.1, 0.15) is 25.0 Å². The minimum atomic E-state index is -0.101. The van der Waals surface area contributed by atoms with Crippen molar-refractivity contribution in [3.8, 4) is 11.8 Å². The van der Waals surface area contributed by atoms with Crippen molar-refractivity contribution in [2.24, 2.45) is 0 Å². The van der Waals surface area contributed by atoms with Gasteiger partial charge in [-0.3, -0.25) is 4.90 Å². The summed E-state index contributed by atoms with van der Waals surface area (Å²) in [6.45, 7) is 6.82. The summed E-state index contributed by atoms with van der Waals surface area (Å²) in [6.07, 6.45) is 0. The second-order valence-electron chi connectivity index (χ2n) is 4.53. The molecule has 3 nitrogen and oxygen atoms in total. The number of likely N-dealkylation sites (N-methyl/N-ethyl adjacent to an activating group) is 1. The zero-order chi connectivity index (χ0) is 14.1. The summed E-state index contributed by atoms with van der Waals surface area (Å²) >= 11 is 0. The maximum absolute atomic E-state index is 8.72. The van der Waals surface area contributed by atoms with E-state index in [9.17, 15) is 0 Å². The fraction of sp³-hybridized carbons (Fsp3) is 0.500. The zero-order valence-electron chi connectivity index (χ0n) is 12.0.